The van der Waals surface area contributed by atoms with Gasteiger partial charge in [-0.2, -0.15) is 0 Å². The molecule has 0 amide bonds. The van der Waals surface area contributed by atoms with Crippen LogP contribution >= 0.6 is 0 Å². The molecule has 1 unspecified atom stereocenters. The summed E-state index contributed by atoms with van der Waals surface area (Å²) in [6.07, 6.45) is 14.1. The molecular weight excluding hydrogens is 262 g/mol. The van der Waals surface area contributed by atoms with Gasteiger partial charge in [0.2, 0.25) is 0 Å². The SMILES string of the molecule is CCCCCCCCCCN1CCCC1(CCC)C(=O)O. The van der Waals surface area contributed by atoms with Crippen LogP contribution in [0.3, 0.4) is 0 Å². The van der Waals surface area contributed by atoms with Crippen molar-refractivity contribution in [3.05, 3.63) is 0 Å². The highest BCUT2D eigenvalue weighted by Crippen LogP contribution is 2.34. The zero-order valence-corrected chi connectivity index (χ0v) is 14.2. The maximum absolute atomic E-state index is 11.7. The second-order valence-corrected chi connectivity index (χ2v) is 6.65. The van der Waals surface area contributed by atoms with Gasteiger partial charge in [0.25, 0.3) is 0 Å². The highest BCUT2D eigenvalue weighted by atomic mass is 16.4. The molecule has 0 aliphatic carbocycles. The number of unbranched alkanes of at least 4 members (excludes halogenated alkanes) is 7. The van der Waals surface area contributed by atoms with Crippen LogP contribution in [0.4, 0.5) is 0 Å². The lowest BCUT2D eigenvalue weighted by molar-refractivity contribution is -0.150. The van der Waals surface area contributed by atoms with Crippen LogP contribution in [0.2, 0.25) is 0 Å². The molecule has 3 nitrogen and oxygen atoms in total. The third kappa shape index (κ3) is 5.61. The van der Waals surface area contributed by atoms with Gasteiger partial charge in [-0.05, 0) is 38.8 Å². The molecule has 0 aromatic carbocycles. The first kappa shape index (κ1) is 18.5. The van der Waals surface area contributed by atoms with Gasteiger partial charge in [0, 0.05) is 0 Å². The Kier molecular flexibility index (Phi) is 8.98. The average Bonchev–Trinajstić information content (AvgIpc) is 2.86. The molecule has 124 valence electrons. The number of rotatable bonds is 12. The van der Waals surface area contributed by atoms with Crippen LogP contribution in [0, 0.1) is 0 Å². The van der Waals surface area contributed by atoms with Crippen molar-refractivity contribution < 1.29 is 9.90 Å². The summed E-state index contributed by atoms with van der Waals surface area (Å²) in [4.78, 5) is 14.0. The van der Waals surface area contributed by atoms with E-state index in [0.717, 1.165) is 45.2 Å². The lowest BCUT2D eigenvalue weighted by atomic mass is 9.90. The van der Waals surface area contributed by atoms with Crippen molar-refractivity contribution in [3.63, 3.8) is 0 Å². The van der Waals surface area contributed by atoms with Gasteiger partial charge >= 0.3 is 5.97 Å². The Morgan fingerprint density at radius 3 is 2.19 bits per heavy atom. The minimum Gasteiger partial charge on any atom is -0.480 e. The Labute approximate surface area is 131 Å². The van der Waals surface area contributed by atoms with Gasteiger partial charge in [-0.1, -0.05) is 65.2 Å². The smallest absolute Gasteiger partial charge is 0.324 e. The standard InChI is InChI=1S/C18H35NO2/c1-3-5-6-7-8-9-10-11-15-19-16-12-14-18(19,13-4-2)17(20)21/h3-16H2,1-2H3,(H,20,21). The van der Waals surface area contributed by atoms with E-state index in [1.807, 2.05) is 0 Å². The maximum Gasteiger partial charge on any atom is 0.324 e. The molecule has 1 atom stereocenters. The largest absolute Gasteiger partial charge is 0.480 e. The Balaban J connectivity index is 2.22. The monoisotopic (exact) mass is 297 g/mol. The fourth-order valence-electron chi connectivity index (χ4n) is 3.74. The molecule has 0 aromatic rings. The molecule has 1 rings (SSSR count). The predicted molar refractivity (Wildman–Crippen MR) is 88.7 cm³/mol. The molecule has 0 bridgehead atoms. The van der Waals surface area contributed by atoms with Crippen molar-refractivity contribution in [1.82, 2.24) is 4.90 Å². The zero-order valence-electron chi connectivity index (χ0n) is 14.2. The topological polar surface area (TPSA) is 40.5 Å². The molecule has 1 aliphatic rings. The van der Waals surface area contributed by atoms with E-state index in [1.54, 1.807) is 0 Å². The van der Waals surface area contributed by atoms with Crippen LogP contribution in [0.5, 0.6) is 0 Å². The third-order valence-electron chi connectivity index (χ3n) is 4.97. The van der Waals surface area contributed by atoms with Gasteiger partial charge in [0.1, 0.15) is 5.54 Å². The van der Waals surface area contributed by atoms with E-state index in [2.05, 4.69) is 18.7 Å². The molecule has 21 heavy (non-hydrogen) atoms. The van der Waals surface area contributed by atoms with E-state index in [4.69, 9.17) is 0 Å². The fraction of sp³-hybridized carbons (Fsp3) is 0.944. The van der Waals surface area contributed by atoms with Crippen molar-refractivity contribution >= 4 is 5.97 Å². The van der Waals surface area contributed by atoms with Gasteiger partial charge in [0.15, 0.2) is 0 Å². The number of carboxylic acids is 1. The molecule has 0 saturated carbocycles. The fourth-order valence-corrected chi connectivity index (χ4v) is 3.74. The summed E-state index contributed by atoms with van der Waals surface area (Å²) in [6, 6.07) is 0. The van der Waals surface area contributed by atoms with Gasteiger partial charge < -0.3 is 5.11 Å². The van der Waals surface area contributed by atoms with Gasteiger partial charge in [0.05, 0.1) is 0 Å². The summed E-state index contributed by atoms with van der Waals surface area (Å²) < 4.78 is 0. The molecule has 3 heteroatoms. The van der Waals surface area contributed by atoms with Crippen LogP contribution in [0.1, 0.15) is 90.9 Å². The van der Waals surface area contributed by atoms with Crippen molar-refractivity contribution in [2.24, 2.45) is 0 Å². The molecule has 1 saturated heterocycles. The summed E-state index contributed by atoms with van der Waals surface area (Å²) in [5, 5.41) is 9.65. The van der Waals surface area contributed by atoms with Gasteiger partial charge in [-0.15, -0.1) is 0 Å². The first-order chi connectivity index (χ1) is 10.2. The number of hydrogen-bond acceptors (Lipinski definition) is 2. The van der Waals surface area contributed by atoms with E-state index in [9.17, 15) is 9.90 Å². The number of carboxylic acid groups (broad SMARTS) is 1. The van der Waals surface area contributed by atoms with Crippen molar-refractivity contribution in [3.8, 4) is 0 Å². The summed E-state index contributed by atoms with van der Waals surface area (Å²) in [7, 11) is 0. The van der Waals surface area contributed by atoms with Crippen LogP contribution in [-0.2, 0) is 4.79 Å². The van der Waals surface area contributed by atoms with E-state index >= 15 is 0 Å². The van der Waals surface area contributed by atoms with E-state index in [1.165, 1.54) is 44.9 Å². The van der Waals surface area contributed by atoms with E-state index in [0.29, 0.717) is 0 Å². The van der Waals surface area contributed by atoms with E-state index in [-0.39, 0.29) is 0 Å². The Morgan fingerprint density at radius 2 is 1.62 bits per heavy atom. The normalized spacial score (nSPS) is 22.8. The molecule has 0 aromatic heterocycles. The van der Waals surface area contributed by atoms with Crippen molar-refractivity contribution in [2.75, 3.05) is 13.1 Å². The first-order valence-corrected chi connectivity index (χ1v) is 9.16. The summed E-state index contributed by atoms with van der Waals surface area (Å²) in [6.45, 7) is 6.29. The van der Waals surface area contributed by atoms with E-state index < -0.39 is 11.5 Å². The lowest BCUT2D eigenvalue weighted by Crippen LogP contribution is -2.50. The zero-order chi connectivity index (χ0) is 15.6. The molecule has 1 heterocycles. The number of hydrogen-bond donors (Lipinski definition) is 1. The Morgan fingerprint density at radius 1 is 1.00 bits per heavy atom. The highest BCUT2D eigenvalue weighted by molar-refractivity contribution is 5.79. The van der Waals surface area contributed by atoms with Crippen LogP contribution < -0.4 is 0 Å². The average molecular weight is 297 g/mol. The third-order valence-corrected chi connectivity index (χ3v) is 4.97. The molecule has 1 aliphatic heterocycles. The number of carbonyl (C=O) groups is 1. The van der Waals surface area contributed by atoms with Crippen molar-refractivity contribution in [2.45, 2.75) is 96.4 Å². The molecule has 0 radical (unpaired) electrons. The molecule has 1 fully saturated rings. The van der Waals surface area contributed by atoms with Crippen LogP contribution in [0.25, 0.3) is 0 Å². The first-order valence-electron chi connectivity index (χ1n) is 9.16. The van der Waals surface area contributed by atoms with Gasteiger partial charge in [-0.3, -0.25) is 9.69 Å². The number of likely N-dealkylation sites (tertiary alicyclic amines) is 1. The maximum atomic E-state index is 11.7. The number of nitrogens with zero attached hydrogens (tertiary/aromatic N) is 1. The Bertz CT molecular complexity index is 293. The minimum atomic E-state index is -0.596. The second kappa shape index (κ2) is 10.2. The minimum absolute atomic E-state index is 0.546. The molecule has 1 N–H and O–H groups in total. The quantitative estimate of drug-likeness (QED) is 0.524. The second-order valence-electron chi connectivity index (χ2n) is 6.65. The molecular formula is C18H35NO2. The Hall–Kier alpha value is -0.570. The highest BCUT2D eigenvalue weighted by Gasteiger charge is 2.46. The van der Waals surface area contributed by atoms with Crippen LogP contribution in [0.15, 0.2) is 0 Å². The summed E-state index contributed by atoms with van der Waals surface area (Å²) in [5.41, 5.74) is -0.546. The summed E-state index contributed by atoms with van der Waals surface area (Å²) >= 11 is 0. The summed E-state index contributed by atoms with van der Waals surface area (Å²) in [5.74, 6) is -0.596. The number of aliphatic carboxylic acids is 1. The lowest BCUT2D eigenvalue weighted by Gasteiger charge is -2.34. The predicted octanol–water partition coefficient (Wildman–Crippen LogP) is 4.85. The molecule has 0 spiro atoms. The van der Waals surface area contributed by atoms with Crippen molar-refractivity contribution in [1.29, 1.82) is 0 Å². The van der Waals surface area contributed by atoms with Crippen LogP contribution in [-0.4, -0.2) is 34.6 Å². The van der Waals surface area contributed by atoms with Gasteiger partial charge in [-0.25, -0.2) is 0 Å².